The number of hydrogen-bond acceptors (Lipinski definition) is 13. The van der Waals surface area contributed by atoms with Crippen LogP contribution in [0, 0.1) is 35.5 Å². The summed E-state index contributed by atoms with van der Waals surface area (Å²) in [6.07, 6.45) is 12.7. The van der Waals surface area contributed by atoms with Gasteiger partial charge in [-0.3, -0.25) is 19.2 Å². The first kappa shape index (κ1) is 55.2. The molecule has 0 aromatic heterocycles. The smallest absolute Gasteiger partial charge is 0.329 e. The maximum atomic E-state index is 14.4. The van der Waals surface area contributed by atoms with Crippen molar-refractivity contribution in [1.82, 2.24) is 4.90 Å². The average Bonchev–Trinajstić information content (AvgIpc) is 3.30. The maximum Gasteiger partial charge on any atom is 0.329 e. The second-order valence-corrected chi connectivity index (χ2v) is 19.8. The summed E-state index contributed by atoms with van der Waals surface area (Å²) in [6, 6.07) is -1.12. The number of fused-ring (bicyclic) bond motifs is 3. The van der Waals surface area contributed by atoms with Crippen molar-refractivity contribution in [3.63, 3.8) is 0 Å². The van der Waals surface area contributed by atoms with Crippen molar-refractivity contribution < 1.29 is 62.6 Å². The Kier molecular flexibility index (Phi) is 21.6. The molecule has 2 unspecified atom stereocenters. The van der Waals surface area contributed by atoms with Gasteiger partial charge in [0.25, 0.3) is 11.7 Å². The number of rotatable bonds is 7. The van der Waals surface area contributed by atoms with Gasteiger partial charge in [0, 0.05) is 65.6 Å². The molecule has 14 nitrogen and oxygen atoms in total. The Balaban J connectivity index is 1.70. The first-order valence-electron chi connectivity index (χ1n) is 24.3. The van der Waals surface area contributed by atoms with Crippen LogP contribution in [0.5, 0.6) is 0 Å². The van der Waals surface area contributed by atoms with Crippen LogP contribution in [0.1, 0.15) is 126 Å². The fraction of sp³-hybridized carbons (Fsp3) is 0.750. The van der Waals surface area contributed by atoms with E-state index < -0.39 is 77.8 Å². The van der Waals surface area contributed by atoms with Gasteiger partial charge >= 0.3 is 5.97 Å². The molecule has 2 bridgehead atoms. The summed E-state index contributed by atoms with van der Waals surface area (Å²) in [6.45, 7) is 12.8. The topological polar surface area (TPSA) is 184 Å². The van der Waals surface area contributed by atoms with Gasteiger partial charge in [0.15, 0.2) is 5.78 Å². The van der Waals surface area contributed by atoms with Crippen molar-refractivity contribution >= 4 is 29.2 Å². The van der Waals surface area contributed by atoms with Crippen LogP contribution in [0.15, 0.2) is 47.6 Å². The molecule has 66 heavy (non-hydrogen) atoms. The van der Waals surface area contributed by atoms with E-state index in [0.717, 1.165) is 24.8 Å². The molecule has 0 aromatic rings. The third-order valence-electron chi connectivity index (χ3n) is 14.8. The Morgan fingerprint density at radius 2 is 1.53 bits per heavy atom. The first-order chi connectivity index (χ1) is 31.3. The molecular weight excluding hydrogens is 847 g/mol. The molecule has 1 aliphatic carbocycles. The number of allylic oxidation sites excluding steroid dienone is 6. The minimum Gasteiger partial charge on any atom is -0.460 e. The number of methoxy groups -OCH3 is 4. The van der Waals surface area contributed by atoms with Crippen molar-refractivity contribution in [2.45, 2.75) is 180 Å². The van der Waals surface area contributed by atoms with Crippen molar-refractivity contribution in [3.8, 4) is 0 Å². The van der Waals surface area contributed by atoms with Gasteiger partial charge in [0.1, 0.15) is 30.1 Å². The molecular formula is C52H81NO13. The molecule has 3 fully saturated rings. The zero-order chi connectivity index (χ0) is 48.9. The lowest BCUT2D eigenvalue weighted by atomic mass is 9.78. The summed E-state index contributed by atoms with van der Waals surface area (Å²) in [5.74, 6) is -7.72. The van der Waals surface area contributed by atoms with Crippen LogP contribution in [-0.4, -0.2) is 134 Å². The predicted molar refractivity (Wildman–Crippen MR) is 250 cm³/mol. The van der Waals surface area contributed by atoms with E-state index >= 15 is 0 Å². The van der Waals surface area contributed by atoms with Crippen molar-refractivity contribution in [1.29, 1.82) is 0 Å². The average molecular weight is 928 g/mol. The third-order valence-corrected chi connectivity index (χ3v) is 14.8. The quantitative estimate of drug-likeness (QED) is 0.154. The summed E-state index contributed by atoms with van der Waals surface area (Å²) >= 11 is 0. The molecule has 2 N–H and O–H groups in total. The molecule has 0 radical (unpaired) electrons. The van der Waals surface area contributed by atoms with Crippen molar-refractivity contribution in [2.75, 3.05) is 35.0 Å². The number of amides is 1. The standard InChI is InChI=1S/C52H81NO13/c1-31-17-13-12-14-18-32(2)43(62-9)29-39-22-20-37(7)52(60,66-39)49(57)50(58)53-24-16-15-19-40(53)51(59)65-44(34(4)27-38-21-23-42(61-8)45(28-38)63-10)30-41(54)33(3)26-36(6)47(56)48(64-11)46(55)35(5)25-31/h12-14,17-18,26,31,33-35,37-40,42-45,47-48,56,60H,15-16,19-25,27-30H2,1-11H3/b14-12+,17-13+,32-18+,36-26+/t31-,33-,34-,35-,37-,38+,39?,40?,42-,43+,44+,45-,47-,48+,52-/m1/s1. The summed E-state index contributed by atoms with van der Waals surface area (Å²) < 4.78 is 35.3. The molecule has 372 valence electrons. The fourth-order valence-corrected chi connectivity index (χ4v) is 10.4. The van der Waals surface area contributed by atoms with Crippen LogP contribution >= 0.6 is 0 Å². The van der Waals surface area contributed by atoms with E-state index in [-0.39, 0.29) is 60.9 Å². The van der Waals surface area contributed by atoms with Crippen LogP contribution in [0.2, 0.25) is 0 Å². The number of carbonyl (C=O) groups is 5. The summed E-state index contributed by atoms with van der Waals surface area (Å²) in [5, 5.41) is 23.4. The van der Waals surface area contributed by atoms with Gasteiger partial charge in [-0.2, -0.15) is 0 Å². The molecule has 2 saturated heterocycles. The fourth-order valence-electron chi connectivity index (χ4n) is 10.4. The Bertz CT molecular complexity index is 1770. The predicted octanol–water partition coefficient (Wildman–Crippen LogP) is 6.83. The molecule has 3 aliphatic heterocycles. The molecule has 1 saturated carbocycles. The molecule has 3 heterocycles. The highest BCUT2D eigenvalue weighted by Crippen LogP contribution is 2.38. The summed E-state index contributed by atoms with van der Waals surface area (Å²) in [4.78, 5) is 72.0. The minimum atomic E-state index is -2.42. The van der Waals surface area contributed by atoms with Gasteiger partial charge in [-0.25, -0.2) is 4.79 Å². The van der Waals surface area contributed by atoms with Crippen LogP contribution in [0.25, 0.3) is 0 Å². The largest absolute Gasteiger partial charge is 0.460 e. The van der Waals surface area contributed by atoms with Gasteiger partial charge < -0.3 is 43.5 Å². The molecule has 4 aliphatic rings. The van der Waals surface area contributed by atoms with Gasteiger partial charge in [0.2, 0.25) is 5.79 Å². The molecule has 14 heteroatoms. The Labute approximate surface area is 393 Å². The Morgan fingerprint density at radius 1 is 0.818 bits per heavy atom. The molecule has 1 amide bonds. The van der Waals surface area contributed by atoms with Crippen molar-refractivity contribution in [2.24, 2.45) is 35.5 Å². The number of cyclic esters (lactones) is 1. The monoisotopic (exact) mass is 928 g/mol. The molecule has 15 atom stereocenters. The van der Waals surface area contributed by atoms with Crippen LogP contribution in [0.4, 0.5) is 0 Å². The van der Waals surface area contributed by atoms with Gasteiger partial charge in [0.05, 0.1) is 24.4 Å². The van der Waals surface area contributed by atoms with Gasteiger partial charge in [-0.1, -0.05) is 71.1 Å². The highest BCUT2D eigenvalue weighted by molar-refractivity contribution is 6.39. The number of esters is 1. The number of piperidine rings is 1. The van der Waals surface area contributed by atoms with E-state index in [1.165, 1.54) is 12.0 Å². The molecule has 0 aromatic carbocycles. The van der Waals surface area contributed by atoms with Crippen LogP contribution in [0.3, 0.4) is 0 Å². The summed E-state index contributed by atoms with van der Waals surface area (Å²) in [7, 11) is 6.31. The van der Waals surface area contributed by atoms with Gasteiger partial charge in [-0.05, 0) is 107 Å². The number of ketones is 3. The number of aliphatic hydroxyl groups is 2. The zero-order valence-corrected chi connectivity index (χ0v) is 41.6. The highest BCUT2D eigenvalue weighted by Gasteiger charge is 2.53. The highest BCUT2D eigenvalue weighted by atomic mass is 16.6. The zero-order valence-electron chi connectivity index (χ0n) is 41.6. The first-order valence-corrected chi connectivity index (χ1v) is 24.3. The van der Waals surface area contributed by atoms with Crippen LogP contribution < -0.4 is 0 Å². The number of carbonyl (C=O) groups excluding carboxylic acids is 5. The lowest BCUT2D eigenvalue weighted by molar-refractivity contribution is -0.265. The number of Topliss-reactive ketones (excluding diaryl/α,β-unsaturated/α-hetero) is 3. The molecule has 4 rings (SSSR count). The van der Waals surface area contributed by atoms with E-state index in [2.05, 4.69) is 0 Å². The maximum absolute atomic E-state index is 14.4. The molecule has 0 spiro atoms. The Morgan fingerprint density at radius 3 is 2.20 bits per heavy atom. The lowest BCUT2D eigenvalue weighted by Crippen LogP contribution is -2.61. The lowest BCUT2D eigenvalue weighted by Gasteiger charge is -2.42. The number of hydrogen-bond donors (Lipinski definition) is 2. The van der Waals surface area contributed by atoms with Crippen LogP contribution in [-0.2, 0) is 52.4 Å². The summed E-state index contributed by atoms with van der Waals surface area (Å²) in [5.41, 5.74) is 1.29. The number of nitrogens with zero attached hydrogens (tertiary/aromatic N) is 1. The second-order valence-electron chi connectivity index (χ2n) is 19.8. The van der Waals surface area contributed by atoms with E-state index in [1.54, 1.807) is 48.2 Å². The van der Waals surface area contributed by atoms with E-state index in [1.807, 2.05) is 58.1 Å². The third kappa shape index (κ3) is 14.3. The van der Waals surface area contributed by atoms with E-state index in [4.69, 9.17) is 28.4 Å². The SMILES string of the molecule is CO[C@H]1CC2CC[C@@H](C)[C@@](O)(O2)C(=O)C(=O)N2CCCCC2C(=O)O[C@H]([C@H](C)C[C@@H]2CC[C@@H](OC)[C@H](OC)C2)CC(=O)[C@H](C)/C=C(\C)[C@@H](O)[C@@H](OC)C(=O)[C@H](C)C[C@H](C)/C=C/C=C/C=C/1C. The van der Waals surface area contributed by atoms with Crippen molar-refractivity contribution in [3.05, 3.63) is 47.6 Å². The van der Waals surface area contributed by atoms with Gasteiger partial charge in [-0.15, -0.1) is 0 Å². The second kappa shape index (κ2) is 25.8. The number of aliphatic hydroxyl groups excluding tert-OH is 1. The van der Waals surface area contributed by atoms with E-state index in [0.29, 0.717) is 50.5 Å². The Hall–Kier alpha value is -3.37. The van der Waals surface area contributed by atoms with E-state index in [9.17, 15) is 34.2 Å². The minimum absolute atomic E-state index is 0.0246. The normalized spacial score (nSPS) is 40.0. The number of ether oxygens (including phenoxy) is 6.